The Bertz CT molecular complexity index is 492. The second kappa shape index (κ2) is 4.78. The van der Waals surface area contributed by atoms with Crippen LogP contribution in [0.2, 0.25) is 0 Å². The Labute approximate surface area is 132 Å². The molecule has 0 amide bonds. The van der Waals surface area contributed by atoms with Crippen molar-refractivity contribution in [2.45, 2.75) is 77.5 Å². The molecule has 8 atom stereocenters. The monoisotopic (exact) mass is 308 g/mol. The van der Waals surface area contributed by atoms with Crippen LogP contribution in [0.1, 0.15) is 65.2 Å². The van der Waals surface area contributed by atoms with Crippen molar-refractivity contribution in [3.63, 3.8) is 0 Å². The summed E-state index contributed by atoms with van der Waals surface area (Å²) in [5.41, 5.74) is -0.0958. The van der Waals surface area contributed by atoms with Crippen molar-refractivity contribution in [1.29, 1.82) is 0 Å². The van der Waals surface area contributed by atoms with E-state index < -0.39 is 12.3 Å². The predicted molar refractivity (Wildman–Crippen MR) is 83.0 cm³/mol. The van der Waals surface area contributed by atoms with Crippen molar-refractivity contribution in [2.75, 3.05) is 0 Å². The van der Waals surface area contributed by atoms with Crippen LogP contribution in [0.3, 0.4) is 0 Å². The van der Waals surface area contributed by atoms with Gasteiger partial charge in [0, 0.05) is 12.3 Å². The predicted octanol–water partition coefficient (Wildman–Crippen LogP) is 3.91. The van der Waals surface area contributed by atoms with E-state index in [1.807, 2.05) is 0 Å². The number of halogens is 1. The highest BCUT2D eigenvalue weighted by atomic mass is 19.1. The minimum Gasteiger partial charge on any atom is -0.390 e. The Hall–Kier alpha value is -0.440. The maximum absolute atomic E-state index is 14.2. The molecular formula is C19H29FO2. The molecular weight excluding hydrogens is 279 g/mol. The molecule has 0 bridgehead atoms. The molecule has 124 valence electrons. The zero-order valence-corrected chi connectivity index (χ0v) is 13.9. The summed E-state index contributed by atoms with van der Waals surface area (Å²) in [4.78, 5) is 12.4. The van der Waals surface area contributed by atoms with Gasteiger partial charge >= 0.3 is 0 Å². The second-order valence-electron chi connectivity index (χ2n) is 9.07. The number of aliphatic hydroxyl groups is 1. The third kappa shape index (κ3) is 1.78. The third-order valence-corrected chi connectivity index (χ3v) is 8.33. The summed E-state index contributed by atoms with van der Waals surface area (Å²) < 4.78 is 14.2. The van der Waals surface area contributed by atoms with Crippen molar-refractivity contribution in [3.8, 4) is 0 Å². The zero-order valence-electron chi connectivity index (χ0n) is 13.9. The summed E-state index contributed by atoms with van der Waals surface area (Å²) in [5.74, 6) is 2.12. The van der Waals surface area contributed by atoms with Gasteiger partial charge in [0.2, 0.25) is 0 Å². The smallest absolute Gasteiger partial charge is 0.136 e. The van der Waals surface area contributed by atoms with Crippen LogP contribution in [0.25, 0.3) is 0 Å². The Balaban J connectivity index is 1.67. The van der Waals surface area contributed by atoms with E-state index in [-0.39, 0.29) is 16.7 Å². The van der Waals surface area contributed by atoms with E-state index in [1.165, 1.54) is 0 Å². The molecule has 4 saturated carbocycles. The topological polar surface area (TPSA) is 37.3 Å². The molecule has 0 saturated heterocycles. The maximum atomic E-state index is 14.2. The van der Waals surface area contributed by atoms with Gasteiger partial charge in [-0.3, -0.25) is 4.79 Å². The van der Waals surface area contributed by atoms with Gasteiger partial charge in [-0.2, -0.15) is 0 Å². The van der Waals surface area contributed by atoms with Crippen molar-refractivity contribution in [3.05, 3.63) is 0 Å². The molecule has 4 aliphatic rings. The van der Waals surface area contributed by atoms with Crippen molar-refractivity contribution < 1.29 is 14.3 Å². The summed E-state index contributed by atoms with van der Waals surface area (Å²) in [7, 11) is 0. The minimum atomic E-state index is -1.05. The van der Waals surface area contributed by atoms with E-state index in [1.54, 1.807) is 0 Å². The van der Waals surface area contributed by atoms with Crippen LogP contribution < -0.4 is 0 Å². The number of alkyl halides is 1. The fourth-order valence-electron chi connectivity index (χ4n) is 7.11. The SMILES string of the molecule is C[C@]12CCCC(=O)C1CC[C@@H]1[C@@H]2CC[C@]2(C)C(O)C(F)C[C@@H]12. The quantitative estimate of drug-likeness (QED) is 0.737. The standard InChI is InChI=1S/C19H29FO2/c1-18-8-3-4-16(21)13(18)6-5-11-12(18)7-9-19(2)14(11)10-15(20)17(19)22/h11-15,17,22H,3-10H2,1-2H3/t11-,12+,13?,14+,15?,17?,18-,19+/m1/s1. The molecule has 1 N–H and O–H groups in total. The number of carbonyl (C=O) groups is 1. The highest BCUT2D eigenvalue weighted by Crippen LogP contribution is 2.65. The van der Waals surface area contributed by atoms with Gasteiger partial charge in [-0.15, -0.1) is 0 Å². The molecule has 3 heteroatoms. The van der Waals surface area contributed by atoms with E-state index in [2.05, 4.69) is 13.8 Å². The van der Waals surface area contributed by atoms with Gasteiger partial charge in [0.1, 0.15) is 12.0 Å². The number of Topliss-reactive ketones (excluding diaryl/α,β-unsaturated/α-hetero) is 1. The Morgan fingerprint density at radius 3 is 2.64 bits per heavy atom. The van der Waals surface area contributed by atoms with E-state index in [0.29, 0.717) is 30.0 Å². The lowest BCUT2D eigenvalue weighted by Crippen LogP contribution is -2.55. The molecule has 22 heavy (non-hydrogen) atoms. The van der Waals surface area contributed by atoms with E-state index >= 15 is 0 Å². The number of ketones is 1. The Morgan fingerprint density at radius 2 is 1.86 bits per heavy atom. The number of rotatable bonds is 0. The van der Waals surface area contributed by atoms with E-state index in [4.69, 9.17) is 0 Å². The first-order valence-electron chi connectivity index (χ1n) is 9.23. The van der Waals surface area contributed by atoms with E-state index in [0.717, 1.165) is 44.9 Å². The fourth-order valence-corrected chi connectivity index (χ4v) is 7.11. The van der Waals surface area contributed by atoms with Crippen LogP contribution in [0, 0.1) is 34.5 Å². The molecule has 0 aliphatic heterocycles. The lowest BCUT2D eigenvalue weighted by atomic mass is 9.45. The van der Waals surface area contributed by atoms with Crippen LogP contribution in [0.5, 0.6) is 0 Å². The molecule has 0 heterocycles. The Morgan fingerprint density at radius 1 is 1.09 bits per heavy atom. The van der Waals surface area contributed by atoms with Crippen molar-refractivity contribution in [1.82, 2.24) is 0 Å². The minimum absolute atomic E-state index is 0.138. The average Bonchev–Trinajstić information content (AvgIpc) is 2.71. The molecule has 0 aromatic heterocycles. The molecule has 4 aliphatic carbocycles. The molecule has 0 aromatic rings. The molecule has 2 nitrogen and oxygen atoms in total. The maximum Gasteiger partial charge on any atom is 0.136 e. The number of aliphatic hydroxyl groups excluding tert-OH is 1. The summed E-state index contributed by atoms with van der Waals surface area (Å²) >= 11 is 0. The van der Waals surface area contributed by atoms with Gasteiger partial charge in [-0.1, -0.05) is 13.8 Å². The normalized spacial score (nSPS) is 57.9. The summed E-state index contributed by atoms with van der Waals surface area (Å²) in [5, 5.41) is 10.4. The van der Waals surface area contributed by atoms with Gasteiger partial charge in [0.25, 0.3) is 0 Å². The highest BCUT2D eigenvalue weighted by molar-refractivity contribution is 5.82. The largest absolute Gasteiger partial charge is 0.390 e. The van der Waals surface area contributed by atoms with Crippen molar-refractivity contribution >= 4 is 5.78 Å². The number of carbonyl (C=O) groups excluding carboxylic acids is 1. The Kier molecular flexibility index (Phi) is 3.28. The first kappa shape index (κ1) is 15.1. The van der Waals surface area contributed by atoms with Crippen LogP contribution in [-0.4, -0.2) is 23.2 Å². The average molecular weight is 308 g/mol. The highest BCUT2D eigenvalue weighted by Gasteiger charge is 2.62. The second-order valence-corrected chi connectivity index (χ2v) is 9.07. The van der Waals surface area contributed by atoms with Crippen LogP contribution in [-0.2, 0) is 4.79 Å². The first-order valence-corrected chi connectivity index (χ1v) is 9.23. The van der Waals surface area contributed by atoms with Crippen LogP contribution >= 0.6 is 0 Å². The number of fused-ring (bicyclic) bond motifs is 5. The molecule has 4 rings (SSSR count). The first-order chi connectivity index (χ1) is 10.4. The molecule has 0 aromatic carbocycles. The van der Waals surface area contributed by atoms with Crippen molar-refractivity contribution in [2.24, 2.45) is 34.5 Å². The van der Waals surface area contributed by atoms with Gasteiger partial charge in [0.15, 0.2) is 0 Å². The summed E-state index contributed by atoms with van der Waals surface area (Å²) in [6, 6.07) is 0. The lowest BCUT2D eigenvalue weighted by Gasteiger charge is -2.59. The van der Waals surface area contributed by atoms with Gasteiger partial charge < -0.3 is 5.11 Å². The van der Waals surface area contributed by atoms with E-state index in [9.17, 15) is 14.3 Å². The van der Waals surface area contributed by atoms with Crippen LogP contribution in [0.15, 0.2) is 0 Å². The van der Waals surface area contributed by atoms with Crippen LogP contribution in [0.4, 0.5) is 4.39 Å². The van der Waals surface area contributed by atoms with Gasteiger partial charge in [-0.05, 0) is 73.5 Å². The molecule has 4 fully saturated rings. The molecule has 0 radical (unpaired) electrons. The fraction of sp³-hybridized carbons (Fsp3) is 0.947. The lowest BCUT2D eigenvalue weighted by molar-refractivity contribution is -0.150. The third-order valence-electron chi connectivity index (χ3n) is 8.33. The zero-order chi connectivity index (χ0) is 15.7. The summed E-state index contributed by atoms with van der Waals surface area (Å²) in [6.07, 6.45) is 5.73. The number of hydrogen-bond acceptors (Lipinski definition) is 2. The molecule has 3 unspecified atom stereocenters. The van der Waals surface area contributed by atoms with Gasteiger partial charge in [-0.25, -0.2) is 4.39 Å². The number of hydrogen-bond donors (Lipinski definition) is 1. The molecule has 0 spiro atoms. The van der Waals surface area contributed by atoms with Gasteiger partial charge in [0.05, 0.1) is 6.10 Å². The summed E-state index contributed by atoms with van der Waals surface area (Å²) in [6.45, 7) is 4.45.